The molecule has 1 amide bonds. The second-order valence-corrected chi connectivity index (χ2v) is 6.87. The van der Waals surface area contributed by atoms with Crippen LogP contribution in [0.25, 0.3) is 11.5 Å². The van der Waals surface area contributed by atoms with Crippen LogP contribution in [0.2, 0.25) is 0 Å². The Morgan fingerprint density at radius 3 is 2.64 bits per heavy atom. The molecule has 1 fully saturated rings. The van der Waals surface area contributed by atoms with E-state index < -0.39 is 0 Å². The first-order chi connectivity index (χ1) is 13.7. The van der Waals surface area contributed by atoms with Crippen molar-refractivity contribution in [2.24, 2.45) is 0 Å². The summed E-state index contributed by atoms with van der Waals surface area (Å²) in [5.74, 6) is 2.26. The van der Waals surface area contributed by atoms with E-state index in [0.29, 0.717) is 37.9 Å². The lowest BCUT2D eigenvalue weighted by atomic mass is 9.96. The number of aromatic nitrogens is 2. The van der Waals surface area contributed by atoms with Gasteiger partial charge in [0.2, 0.25) is 11.8 Å². The molecule has 7 heteroatoms. The molecule has 1 aliphatic heterocycles. The van der Waals surface area contributed by atoms with Gasteiger partial charge in [0.15, 0.2) is 0 Å². The highest BCUT2D eigenvalue weighted by molar-refractivity contribution is 5.78. The number of ether oxygens (including phenoxy) is 1. The van der Waals surface area contributed by atoms with Crippen LogP contribution < -0.4 is 4.74 Å². The number of carbonyl (C=O) groups excluding carboxylic acids is 1. The van der Waals surface area contributed by atoms with Crippen LogP contribution in [0.1, 0.15) is 37.1 Å². The highest BCUT2D eigenvalue weighted by Gasteiger charge is 2.27. The average molecular weight is 381 g/mol. The van der Waals surface area contributed by atoms with E-state index in [0.717, 1.165) is 29.7 Å². The predicted molar refractivity (Wildman–Crippen MR) is 102 cm³/mol. The van der Waals surface area contributed by atoms with Gasteiger partial charge in [-0.3, -0.25) is 4.79 Å². The predicted octanol–water partition coefficient (Wildman–Crippen LogP) is 3.68. The zero-order valence-electron chi connectivity index (χ0n) is 15.8. The zero-order chi connectivity index (χ0) is 19.3. The van der Waals surface area contributed by atoms with Crippen molar-refractivity contribution in [2.75, 3.05) is 19.7 Å². The number of hydrogen-bond donors (Lipinski definition) is 0. The third kappa shape index (κ3) is 4.08. The molecule has 0 spiro atoms. The number of furan rings is 1. The number of piperidine rings is 1. The molecule has 2 aromatic heterocycles. The number of hydrogen-bond acceptors (Lipinski definition) is 6. The molecule has 1 aliphatic rings. The first kappa shape index (κ1) is 18.3. The Balaban J connectivity index is 1.30. The smallest absolute Gasteiger partial charge is 0.250 e. The van der Waals surface area contributed by atoms with Crippen LogP contribution in [0.5, 0.6) is 5.75 Å². The minimum absolute atomic E-state index is 0.146. The van der Waals surface area contributed by atoms with Gasteiger partial charge < -0.3 is 18.5 Å². The molecule has 0 N–H and O–H groups in total. The molecule has 3 heterocycles. The fraction of sp³-hybridized carbons (Fsp3) is 0.381. The van der Waals surface area contributed by atoms with Gasteiger partial charge in [-0.15, -0.1) is 10.2 Å². The molecule has 7 nitrogen and oxygen atoms in total. The number of rotatable bonds is 6. The van der Waals surface area contributed by atoms with E-state index in [9.17, 15) is 4.79 Å². The molecule has 3 aromatic rings. The second kappa shape index (κ2) is 8.29. The second-order valence-electron chi connectivity index (χ2n) is 6.87. The van der Waals surface area contributed by atoms with Gasteiger partial charge >= 0.3 is 0 Å². The molecular formula is C21H23N3O4. The summed E-state index contributed by atoms with van der Waals surface area (Å²) in [6, 6.07) is 9.51. The van der Waals surface area contributed by atoms with Gasteiger partial charge in [0.1, 0.15) is 12.0 Å². The summed E-state index contributed by atoms with van der Waals surface area (Å²) in [6.07, 6.45) is 5.21. The van der Waals surface area contributed by atoms with Crippen molar-refractivity contribution in [1.82, 2.24) is 15.1 Å². The largest absolute Gasteiger partial charge is 0.494 e. The zero-order valence-corrected chi connectivity index (χ0v) is 15.8. The highest BCUT2D eigenvalue weighted by Crippen LogP contribution is 2.29. The standard InChI is InChI=1S/C21H23N3O4/c1-2-27-18-5-3-15(4-6-18)13-19(25)24-10-7-16(8-11-24)20-22-23-21(28-20)17-9-12-26-14-17/h3-6,9,12,14,16H,2,7-8,10-11,13H2,1H3. The minimum atomic E-state index is 0.146. The lowest BCUT2D eigenvalue weighted by Gasteiger charge is -2.30. The third-order valence-corrected chi connectivity index (χ3v) is 5.00. The molecule has 0 unspecified atom stereocenters. The summed E-state index contributed by atoms with van der Waals surface area (Å²) in [6.45, 7) is 3.98. The first-order valence-electron chi connectivity index (χ1n) is 9.58. The van der Waals surface area contributed by atoms with Crippen LogP contribution in [-0.2, 0) is 11.2 Å². The van der Waals surface area contributed by atoms with Crippen molar-refractivity contribution in [3.8, 4) is 17.2 Å². The monoisotopic (exact) mass is 381 g/mol. The van der Waals surface area contributed by atoms with E-state index in [1.165, 1.54) is 0 Å². The third-order valence-electron chi connectivity index (χ3n) is 5.00. The lowest BCUT2D eigenvalue weighted by molar-refractivity contribution is -0.131. The van der Waals surface area contributed by atoms with Gasteiger partial charge in [-0.1, -0.05) is 12.1 Å². The number of nitrogens with zero attached hydrogens (tertiary/aromatic N) is 3. The van der Waals surface area contributed by atoms with E-state index in [4.69, 9.17) is 13.6 Å². The highest BCUT2D eigenvalue weighted by atomic mass is 16.5. The molecule has 1 saturated heterocycles. The van der Waals surface area contributed by atoms with Crippen LogP contribution in [-0.4, -0.2) is 40.7 Å². The Morgan fingerprint density at radius 2 is 1.96 bits per heavy atom. The van der Waals surface area contributed by atoms with Crippen LogP contribution >= 0.6 is 0 Å². The molecule has 0 aliphatic carbocycles. The molecule has 0 bridgehead atoms. The van der Waals surface area contributed by atoms with Crippen molar-refractivity contribution in [1.29, 1.82) is 0 Å². The van der Waals surface area contributed by atoms with Crippen molar-refractivity contribution in [3.63, 3.8) is 0 Å². The van der Waals surface area contributed by atoms with Crippen molar-refractivity contribution in [3.05, 3.63) is 54.3 Å². The fourth-order valence-corrected chi connectivity index (χ4v) is 3.43. The van der Waals surface area contributed by atoms with Crippen molar-refractivity contribution < 1.29 is 18.4 Å². The number of likely N-dealkylation sites (tertiary alicyclic amines) is 1. The molecule has 28 heavy (non-hydrogen) atoms. The average Bonchev–Trinajstić information content (AvgIpc) is 3.42. The Hall–Kier alpha value is -3.09. The van der Waals surface area contributed by atoms with Gasteiger partial charge in [0, 0.05) is 19.0 Å². The summed E-state index contributed by atoms with van der Waals surface area (Å²) in [7, 11) is 0. The molecule has 0 atom stereocenters. The van der Waals surface area contributed by atoms with Gasteiger partial charge in [-0.25, -0.2) is 0 Å². The summed E-state index contributed by atoms with van der Waals surface area (Å²) in [5, 5.41) is 8.28. The van der Waals surface area contributed by atoms with Crippen molar-refractivity contribution >= 4 is 5.91 Å². The summed E-state index contributed by atoms with van der Waals surface area (Å²) in [5.41, 5.74) is 1.78. The van der Waals surface area contributed by atoms with E-state index >= 15 is 0 Å². The number of benzene rings is 1. The van der Waals surface area contributed by atoms with Crippen molar-refractivity contribution in [2.45, 2.75) is 32.1 Å². The number of carbonyl (C=O) groups is 1. The molecular weight excluding hydrogens is 358 g/mol. The van der Waals surface area contributed by atoms with E-state index in [2.05, 4.69) is 10.2 Å². The normalized spacial score (nSPS) is 15.0. The minimum Gasteiger partial charge on any atom is -0.494 e. The first-order valence-corrected chi connectivity index (χ1v) is 9.58. The molecule has 1 aromatic carbocycles. The number of amides is 1. The van der Waals surface area contributed by atoms with E-state index in [1.54, 1.807) is 18.6 Å². The molecule has 0 saturated carbocycles. The van der Waals surface area contributed by atoms with Gasteiger partial charge in [0.25, 0.3) is 5.89 Å². The Morgan fingerprint density at radius 1 is 1.18 bits per heavy atom. The summed E-state index contributed by atoms with van der Waals surface area (Å²) >= 11 is 0. The fourth-order valence-electron chi connectivity index (χ4n) is 3.43. The lowest BCUT2D eigenvalue weighted by Crippen LogP contribution is -2.38. The maximum Gasteiger partial charge on any atom is 0.250 e. The molecule has 4 rings (SSSR count). The van der Waals surface area contributed by atoms with Gasteiger partial charge in [-0.05, 0) is 43.5 Å². The summed E-state index contributed by atoms with van der Waals surface area (Å²) in [4.78, 5) is 14.5. The SMILES string of the molecule is CCOc1ccc(CC(=O)N2CCC(c3nnc(-c4ccoc4)o3)CC2)cc1. The topological polar surface area (TPSA) is 81.6 Å². The Kier molecular flexibility index (Phi) is 5.41. The van der Waals surface area contributed by atoms with Crippen LogP contribution in [0, 0.1) is 0 Å². The maximum absolute atomic E-state index is 12.6. The van der Waals surface area contributed by atoms with Crippen LogP contribution in [0.4, 0.5) is 0 Å². The molecule has 146 valence electrons. The van der Waals surface area contributed by atoms with Crippen LogP contribution in [0.15, 0.2) is 51.7 Å². The van der Waals surface area contributed by atoms with E-state index in [1.807, 2.05) is 36.1 Å². The Bertz CT molecular complexity index is 894. The quantitative estimate of drug-likeness (QED) is 0.648. The summed E-state index contributed by atoms with van der Waals surface area (Å²) < 4.78 is 16.3. The van der Waals surface area contributed by atoms with E-state index in [-0.39, 0.29) is 11.8 Å². The maximum atomic E-state index is 12.6. The molecule has 0 radical (unpaired) electrons. The Labute approximate surface area is 163 Å². The van der Waals surface area contributed by atoms with Crippen LogP contribution in [0.3, 0.4) is 0 Å². The van der Waals surface area contributed by atoms with Gasteiger partial charge in [0.05, 0.1) is 24.9 Å². The van der Waals surface area contributed by atoms with Gasteiger partial charge in [-0.2, -0.15) is 0 Å².